The zero-order chi connectivity index (χ0) is 11.5. The minimum absolute atomic E-state index is 0.407. The summed E-state index contributed by atoms with van der Waals surface area (Å²) in [6.45, 7) is 2.06. The van der Waals surface area contributed by atoms with E-state index in [2.05, 4.69) is 46.0 Å². The van der Waals surface area contributed by atoms with Crippen LogP contribution in [0.4, 0.5) is 0 Å². The van der Waals surface area contributed by atoms with Gasteiger partial charge in [-0.05, 0) is 28.4 Å². The molecule has 0 atom stereocenters. The molecule has 2 nitrogen and oxygen atoms in total. The van der Waals surface area contributed by atoms with Gasteiger partial charge < -0.3 is 0 Å². The first kappa shape index (κ1) is 11.3. The van der Waals surface area contributed by atoms with Gasteiger partial charge in [-0.1, -0.05) is 24.3 Å². The van der Waals surface area contributed by atoms with Crippen molar-refractivity contribution in [3.63, 3.8) is 0 Å². The average molecular weight is 293 g/mol. The van der Waals surface area contributed by atoms with Crippen LogP contribution < -0.4 is 0 Å². The van der Waals surface area contributed by atoms with Gasteiger partial charge in [-0.3, -0.25) is 0 Å². The summed E-state index contributed by atoms with van der Waals surface area (Å²) in [4.78, 5) is 5.43. The van der Waals surface area contributed by atoms with Crippen LogP contribution in [0.15, 0.2) is 28.9 Å². The van der Waals surface area contributed by atoms with E-state index in [9.17, 15) is 0 Å². The highest BCUT2D eigenvalue weighted by molar-refractivity contribution is 9.10. The molecule has 1 aromatic heterocycles. The van der Waals surface area contributed by atoms with E-state index in [0.717, 1.165) is 20.1 Å². The summed E-state index contributed by atoms with van der Waals surface area (Å²) in [5, 5.41) is 9.65. The van der Waals surface area contributed by atoms with Crippen LogP contribution in [0.1, 0.15) is 10.4 Å². The number of hydrogen-bond donors (Lipinski definition) is 0. The van der Waals surface area contributed by atoms with Crippen molar-refractivity contribution in [3.05, 3.63) is 39.3 Å². The number of rotatable bonds is 2. The van der Waals surface area contributed by atoms with Crippen LogP contribution in [0.5, 0.6) is 0 Å². The van der Waals surface area contributed by atoms with Gasteiger partial charge in [-0.2, -0.15) is 5.26 Å². The molecule has 0 radical (unpaired) electrons. The summed E-state index contributed by atoms with van der Waals surface area (Å²) in [5.74, 6) is 0. The molecule has 2 aromatic rings. The molecule has 0 amide bonds. The molecule has 1 heterocycles. The Kier molecular flexibility index (Phi) is 3.37. The molecule has 0 aliphatic carbocycles. The number of nitrogens with zero attached hydrogens (tertiary/aromatic N) is 2. The smallest absolute Gasteiger partial charge is 0.125 e. The molecule has 0 saturated carbocycles. The molecule has 0 bridgehead atoms. The van der Waals surface area contributed by atoms with E-state index in [4.69, 9.17) is 5.26 Å². The molecule has 0 aliphatic heterocycles. The lowest BCUT2D eigenvalue weighted by atomic mass is 10.1. The van der Waals surface area contributed by atoms with Gasteiger partial charge in [0.2, 0.25) is 0 Å². The third-order valence-corrected chi connectivity index (χ3v) is 4.27. The van der Waals surface area contributed by atoms with Crippen LogP contribution in [0.2, 0.25) is 0 Å². The number of aryl methyl sites for hydroxylation is 1. The third-order valence-electron chi connectivity index (χ3n) is 2.26. The van der Waals surface area contributed by atoms with Gasteiger partial charge in [-0.25, -0.2) is 4.98 Å². The van der Waals surface area contributed by atoms with Gasteiger partial charge in [0.05, 0.1) is 17.4 Å². The Balaban J connectivity index is 2.46. The topological polar surface area (TPSA) is 36.7 Å². The Labute approximate surface area is 107 Å². The van der Waals surface area contributed by atoms with E-state index in [1.807, 2.05) is 12.1 Å². The Morgan fingerprint density at radius 1 is 1.44 bits per heavy atom. The molecule has 0 fully saturated rings. The molecule has 0 unspecified atom stereocenters. The summed E-state index contributed by atoms with van der Waals surface area (Å²) in [6, 6.07) is 10.3. The third kappa shape index (κ3) is 2.16. The normalized spacial score (nSPS) is 10.1. The van der Waals surface area contributed by atoms with E-state index >= 15 is 0 Å². The van der Waals surface area contributed by atoms with Gasteiger partial charge in [0, 0.05) is 5.56 Å². The van der Waals surface area contributed by atoms with Crippen LogP contribution in [0, 0.1) is 18.3 Å². The Morgan fingerprint density at radius 2 is 2.19 bits per heavy atom. The van der Waals surface area contributed by atoms with Gasteiger partial charge in [0.1, 0.15) is 9.61 Å². The summed E-state index contributed by atoms with van der Waals surface area (Å²) in [6.07, 6.45) is 0.407. The van der Waals surface area contributed by atoms with E-state index in [1.54, 1.807) is 11.3 Å². The van der Waals surface area contributed by atoms with Crippen molar-refractivity contribution >= 4 is 27.3 Å². The van der Waals surface area contributed by atoms with Crippen molar-refractivity contribution in [2.45, 2.75) is 13.3 Å². The lowest BCUT2D eigenvalue weighted by Gasteiger charge is -1.99. The van der Waals surface area contributed by atoms with Gasteiger partial charge in [0.15, 0.2) is 0 Å². The molecule has 0 saturated heterocycles. The van der Waals surface area contributed by atoms with E-state index in [1.165, 1.54) is 5.56 Å². The predicted molar refractivity (Wildman–Crippen MR) is 69.3 cm³/mol. The SMILES string of the molecule is Cc1ccccc1-c1nc(Br)c(CC#N)s1. The maximum Gasteiger partial charge on any atom is 0.125 e. The van der Waals surface area contributed by atoms with Crippen molar-refractivity contribution in [2.24, 2.45) is 0 Å². The second-order valence-corrected chi connectivity index (χ2v) is 5.22. The first-order valence-electron chi connectivity index (χ1n) is 4.80. The first-order chi connectivity index (χ1) is 7.72. The summed E-state index contributed by atoms with van der Waals surface area (Å²) < 4.78 is 0.789. The largest absolute Gasteiger partial charge is 0.229 e. The van der Waals surface area contributed by atoms with Crippen LogP contribution in [0.3, 0.4) is 0 Å². The standard InChI is InChI=1S/C12H9BrN2S/c1-8-4-2-3-5-9(8)12-15-11(13)10(16-12)6-7-14/h2-5H,6H2,1H3. The quantitative estimate of drug-likeness (QED) is 0.840. The summed E-state index contributed by atoms with van der Waals surface area (Å²) in [5.41, 5.74) is 2.34. The Bertz CT molecular complexity index is 554. The molecule has 0 N–H and O–H groups in total. The monoisotopic (exact) mass is 292 g/mol. The highest BCUT2D eigenvalue weighted by Crippen LogP contribution is 2.32. The maximum atomic E-state index is 8.69. The molecular formula is C12H9BrN2S. The van der Waals surface area contributed by atoms with Crippen molar-refractivity contribution in [2.75, 3.05) is 0 Å². The van der Waals surface area contributed by atoms with Crippen molar-refractivity contribution in [1.82, 2.24) is 4.98 Å². The number of aromatic nitrogens is 1. The molecule has 2 rings (SSSR count). The molecule has 4 heteroatoms. The second-order valence-electron chi connectivity index (χ2n) is 3.38. The van der Waals surface area contributed by atoms with Gasteiger partial charge in [-0.15, -0.1) is 11.3 Å². The lowest BCUT2D eigenvalue weighted by molar-refractivity contribution is 1.24. The fourth-order valence-corrected chi connectivity index (χ4v) is 3.10. The van der Waals surface area contributed by atoms with E-state index < -0.39 is 0 Å². The zero-order valence-corrected chi connectivity index (χ0v) is 11.1. The number of hydrogen-bond acceptors (Lipinski definition) is 3. The molecular weight excluding hydrogens is 284 g/mol. The number of thiazole rings is 1. The fourth-order valence-electron chi connectivity index (χ4n) is 1.44. The van der Waals surface area contributed by atoms with Gasteiger partial charge in [0.25, 0.3) is 0 Å². The van der Waals surface area contributed by atoms with Crippen molar-refractivity contribution < 1.29 is 0 Å². The second kappa shape index (κ2) is 4.77. The number of nitriles is 1. The maximum absolute atomic E-state index is 8.69. The summed E-state index contributed by atoms with van der Waals surface area (Å²) in [7, 11) is 0. The minimum atomic E-state index is 0.407. The zero-order valence-electron chi connectivity index (χ0n) is 8.70. The molecule has 16 heavy (non-hydrogen) atoms. The Morgan fingerprint density at radius 3 is 2.88 bits per heavy atom. The highest BCUT2D eigenvalue weighted by atomic mass is 79.9. The van der Waals surface area contributed by atoms with Crippen molar-refractivity contribution in [1.29, 1.82) is 5.26 Å². The number of halogens is 1. The van der Waals surface area contributed by atoms with E-state index in [0.29, 0.717) is 6.42 Å². The minimum Gasteiger partial charge on any atom is -0.229 e. The van der Waals surface area contributed by atoms with Gasteiger partial charge >= 0.3 is 0 Å². The van der Waals surface area contributed by atoms with Crippen LogP contribution in [-0.2, 0) is 6.42 Å². The molecule has 0 aliphatic rings. The summed E-state index contributed by atoms with van der Waals surface area (Å²) >= 11 is 4.96. The molecule has 0 spiro atoms. The highest BCUT2D eigenvalue weighted by Gasteiger charge is 2.11. The molecule has 1 aromatic carbocycles. The van der Waals surface area contributed by atoms with E-state index in [-0.39, 0.29) is 0 Å². The average Bonchev–Trinajstić information content (AvgIpc) is 2.61. The number of benzene rings is 1. The molecule has 80 valence electrons. The Hall–Kier alpha value is -1.18. The first-order valence-corrected chi connectivity index (χ1v) is 6.41. The van der Waals surface area contributed by atoms with Crippen LogP contribution in [-0.4, -0.2) is 4.98 Å². The lowest BCUT2D eigenvalue weighted by Crippen LogP contribution is -1.80. The van der Waals surface area contributed by atoms with Crippen LogP contribution >= 0.6 is 27.3 Å². The predicted octanol–water partition coefficient (Wildman–Crippen LogP) is 3.95. The van der Waals surface area contributed by atoms with Crippen LogP contribution in [0.25, 0.3) is 10.6 Å². The fraction of sp³-hybridized carbons (Fsp3) is 0.167. The van der Waals surface area contributed by atoms with Crippen molar-refractivity contribution in [3.8, 4) is 16.6 Å².